The van der Waals surface area contributed by atoms with E-state index in [-0.39, 0.29) is 108 Å². The number of aliphatic hydroxyl groups is 2. The Hall–Kier alpha value is -11.0. The van der Waals surface area contributed by atoms with Crippen molar-refractivity contribution in [1.29, 1.82) is 0 Å². The molecule has 6 saturated heterocycles. The van der Waals surface area contributed by atoms with Crippen LogP contribution in [0.2, 0.25) is 0 Å². The van der Waals surface area contributed by atoms with Gasteiger partial charge in [0, 0.05) is 67.2 Å². The van der Waals surface area contributed by atoms with Crippen molar-refractivity contribution in [2.24, 2.45) is 47.3 Å². The van der Waals surface area contributed by atoms with Crippen molar-refractivity contribution in [3.05, 3.63) is 59.7 Å². The van der Waals surface area contributed by atoms with Crippen LogP contribution in [0.25, 0.3) is 0 Å². The Morgan fingerprint density at radius 2 is 0.832 bits per heavy atom. The number of likely N-dealkylation sites (N-methyl/N-ethyl adjacent to an activating group) is 4. The number of cyclic esters (lactones) is 4. The molecule has 41 heteroatoms. The summed E-state index contributed by atoms with van der Waals surface area (Å²) in [5.74, 6) is -13.2. The molecular weight excluding hydrogens is 1940 g/mol. The van der Waals surface area contributed by atoms with Crippen molar-refractivity contribution in [3.8, 4) is 11.5 Å². The summed E-state index contributed by atoms with van der Waals surface area (Å²) in [5, 5.41) is 40.4. The summed E-state index contributed by atoms with van der Waals surface area (Å²) in [6, 6.07) is -2.92. The van der Waals surface area contributed by atoms with E-state index >= 15 is 0 Å². The van der Waals surface area contributed by atoms with Crippen LogP contribution in [0.5, 0.6) is 11.5 Å². The molecule has 0 spiro atoms. The molecule has 40 nitrogen and oxygen atoms in total. The highest BCUT2D eigenvalue weighted by molar-refractivity contribution is 6.15. The highest BCUT2D eigenvalue weighted by Gasteiger charge is 2.51. The average Bonchev–Trinajstić information content (AvgIpc) is 1.81. The zero-order valence-electron chi connectivity index (χ0n) is 92.0. The number of ether oxygens (including phenoxy) is 7. The van der Waals surface area contributed by atoms with Crippen molar-refractivity contribution >= 4 is 113 Å². The van der Waals surface area contributed by atoms with Gasteiger partial charge in [0.15, 0.2) is 12.2 Å². The predicted octanol–water partition coefficient (Wildman–Crippen LogP) is 8.13. The molecule has 838 valence electrons. The predicted molar refractivity (Wildman–Crippen MR) is 557 cm³/mol. The number of carbonyl (C=O) groups is 17. The van der Waals surface area contributed by atoms with Crippen molar-refractivity contribution in [2.75, 3.05) is 68.6 Å². The summed E-state index contributed by atoms with van der Waals surface area (Å²) >= 11 is 6.40. The van der Waals surface area contributed by atoms with Gasteiger partial charge in [-0.25, -0.2) is 18.8 Å². The van der Waals surface area contributed by atoms with E-state index in [1.807, 2.05) is 69.2 Å². The number of amides is 13. The SMILES string of the molecule is C.CC[C@H](C)[C@H]1NC(=O)[C@@H](NC(=O)[C@@H](CC(C)C)N(C)C(=O)[C@@H]2CCCN2C(=O)OC(C)(C)C)[C@@H](C)OC(=O)[C@H](Cc2ccc(OC)cc2)N(C)C(=O)[C@@H]2CCCN2C(=O)[C@H](CC(C)C)NC(=O)[C@H](C(C)C)OC(=O)C[C@@H]1O.CC[C@H](C)[C@H]1NC(=O)[C@@H](NC(=O)[C@@H](CC(C)C)N(C)C(=O)[C@@H]2CCCN2Cl)[C@@H](C)OC(=O)[C@H](Cc2ccc(OC)cc2)N(C)C(=O)[C@@H]2CCCN2C(=O)[C@H](CC(C)C)NC(=O)[C@H](C(C)C)OC(=O)C[C@@H]1O. The average molecular weight is 2120 g/mol. The first-order valence-corrected chi connectivity index (χ1v) is 53.1. The van der Waals surface area contributed by atoms with Crippen molar-refractivity contribution in [2.45, 2.75) is 395 Å². The summed E-state index contributed by atoms with van der Waals surface area (Å²) in [7, 11) is 8.83. The molecule has 13 amide bonds. The van der Waals surface area contributed by atoms with E-state index in [0.29, 0.717) is 80.5 Å². The summed E-state index contributed by atoms with van der Waals surface area (Å²) in [4.78, 5) is 254. The second-order valence-electron chi connectivity index (χ2n) is 44.0. The molecule has 6 aliphatic rings. The van der Waals surface area contributed by atoms with Gasteiger partial charge >= 0.3 is 30.0 Å². The molecular formula is C108H173ClN14O26. The monoisotopic (exact) mass is 2120 g/mol. The first-order chi connectivity index (χ1) is 69.4. The van der Waals surface area contributed by atoms with Crippen LogP contribution >= 0.6 is 11.8 Å². The van der Waals surface area contributed by atoms with Gasteiger partial charge in [0.2, 0.25) is 59.1 Å². The van der Waals surface area contributed by atoms with E-state index in [2.05, 4.69) is 31.9 Å². The lowest BCUT2D eigenvalue weighted by atomic mass is 9.92. The maximum atomic E-state index is 15.0. The van der Waals surface area contributed by atoms with Crippen molar-refractivity contribution < 1.29 is 125 Å². The van der Waals surface area contributed by atoms with E-state index in [0.717, 1.165) is 0 Å². The van der Waals surface area contributed by atoms with Gasteiger partial charge in [-0.05, 0) is 206 Å². The van der Waals surface area contributed by atoms with Crippen LogP contribution in [-0.2, 0) is 113 Å². The van der Waals surface area contributed by atoms with E-state index in [1.54, 1.807) is 111 Å². The van der Waals surface area contributed by atoms with E-state index in [9.17, 15) is 91.7 Å². The number of nitrogens with zero attached hydrogens (tertiary/aromatic N) is 8. The number of hydrogen-bond acceptors (Lipinski definition) is 27. The molecule has 8 rings (SSSR count). The molecule has 0 bridgehead atoms. The maximum absolute atomic E-state index is 15.0. The molecule has 6 aliphatic heterocycles. The molecule has 0 aromatic heterocycles. The number of carbonyl (C=O) groups excluding carboxylic acids is 17. The normalized spacial score (nSPS) is 27.0. The van der Waals surface area contributed by atoms with Crippen LogP contribution in [0.4, 0.5) is 4.79 Å². The lowest BCUT2D eigenvalue weighted by Gasteiger charge is -2.36. The second-order valence-corrected chi connectivity index (χ2v) is 44.5. The van der Waals surface area contributed by atoms with Crippen LogP contribution in [-0.4, -0.2) is 345 Å². The fraction of sp³-hybridized carbons (Fsp3) is 0.731. The number of rotatable bonds is 28. The number of hydrogen-bond donors (Lipinski definition) is 8. The Morgan fingerprint density at radius 1 is 0.483 bits per heavy atom. The Bertz CT molecular complexity index is 4850. The number of esters is 4. The largest absolute Gasteiger partial charge is 0.497 e. The van der Waals surface area contributed by atoms with Gasteiger partial charge in [-0.1, -0.05) is 155 Å². The van der Waals surface area contributed by atoms with Crippen LogP contribution in [0.3, 0.4) is 0 Å². The fourth-order valence-electron chi connectivity index (χ4n) is 19.6. The highest BCUT2D eigenvalue weighted by atomic mass is 35.5. The summed E-state index contributed by atoms with van der Waals surface area (Å²) < 4.78 is 41.6. The van der Waals surface area contributed by atoms with Crippen molar-refractivity contribution in [3.63, 3.8) is 0 Å². The topological polar surface area (TPSA) is 493 Å². The molecule has 6 heterocycles. The van der Waals surface area contributed by atoms with E-state index < -0.39 is 258 Å². The standard InChI is InChI=1S/C56H89N7O14.C51H80ClN7O12.CH4/c1-16-34(8)45-43(64)30-44(65)76-47(33(6)7)50(68)57-38(27-31(2)3)51(69)62-25-17-19-39(62)52(70)61(14)42(29-36-21-23-37(74-15)24-22-36)54(72)75-35(9)46(49(67)58-45)59-48(66)41(28-32(4)5)60(13)53(71)40-20-18-26-63(40)55(73)77-56(10,11)12;1-13-31(8)42-40(60)27-41(61)71-44(30(6)7)47(64)53-35(24-28(2)3)48(65)58-22-14-16-36(58)49(66)57(11)39(26-33-18-20-34(69-12)21-19-33)51(68)70-32(9)43(46(63)54-42)55-45(62)38(25-29(4)5)56(10)50(67)37-17-15-23-59(37)52;/h21-24,31-35,38-43,45-47,64H,16-20,25-30H2,1-15H3,(H,57,68)(H,58,67)(H,59,66);18-21,28-32,35-40,42-44,60H,13-17,22-27H2,1-12H3,(H,53,64)(H,54,63)(H,55,62);1H4/t34-,35+,38-,39-,40-,41+,42-,43-,45+,46-,47-;31-,32+,35-,36-,37-,38+,39-,40-,42+,43-,44-;/m00./s1. The Labute approximate surface area is 885 Å². The number of aliphatic hydroxyl groups excluding tert-OH is 2. The third kappa shape index (κ3) is 35.3. The maximum Gasteiger partial charge on any atom is 0.410 e. The third-order valence-electron chi connectivity index (χ3n) is 28.6. The van der Waals surface area contributed by atoms with Gasteiger partial charge in [-0.15, -0.1) is 0 Å². The first-order valence-electron chi connectivity index (χ1n) is 52.7. The van der Waals surface area contributed by atoms with Crippen LogP contribution in [0.1, 0.15) is 267 Å². The Balaban J connectivity index is 0.000000453. The van der Waals surface area contributed by atoms with Gasteiger partial charge in [0.25, 0.3) is 11.8 Å². The minimum atomic E-state index is -1.72. The summed E-state index contributed by atoms with van der Waals surface area (Å²) in [6.07, 6.45) is -6.17. The van der Waals surface area contributed by atoms with E-state index in [4.69, 9.17) is 44.9 Å². The minimum absolute atomic E-state index is 0. The molecule has 8 N–H and O–H groups in total. The molecule has 0 aliphatic carbocycles. The second kappa shape index (κ2) is 58.0. The lowest BCUT2D eigenvalue weighted by Crippen LogP contribution is -2.62. The minimum Gasteiger partial charge on any atom is -0.497 e. The number of halogens is 1. The zero-order valence-corrected chi connectivity index (χ0v) is 92.7. The number of fused-ring (bicyclic) bond motifs is 2. The number of benzene rings is 2. The highest BCUT2D eigenvalue weighted by Crippen LogP contribution is 2.33. The lowest BCUT2D eigenvalue weighted by molar-refractivity contribution is -0.163. The molecule has 2 aromatic rings. The molecule has 0 saturated carbocycles. The van der Waals surface area contributed by atoms with Crippen molar-refractivity contribution in [1.82, 2.24) is 70.6 Å². The van der Waals surface area contributed by atoms with Crippen LogP contribution in [0.15, 0.2) is 48.5 Å². The Kier molecular flexibility index (Phi) is 49.3. The van der Waals surface area contributed by atoms with E-state index in [1.165, 1.54) is 95.0 Å². The molecule has 22 atom stereocenters. The Morgan fingerprint density at radius 3 is 1.15 bits per heavy atom. The molecule has 2 aromatic carbocycles. The van der Waals surface area contributed by atoms with Crippen LogP contribution in [0, 0.1) is 47.3 Å². The van der Waals surface area contributed by atoms with Gasteiger partial charge in [0.1, 0.15) is 102 Å². The third-order valence-corrected chi connectivity index (χ3v) is 29.0. The van der Waals surface area contributed by atoms with Gasteiger partial charge in [-0.3, -0.25) is 72.0 Å². The fourth-order valence-corrected chi connectivity index (χ4v) is 19.9. The van der Waals surface area contributed by atoms with Gasteiger partial charge < -0.3 is 105 Å². The molecule has 6 fully saturated rings. The molecule has 0 radical (unpaired) electrons. The first kappa shape index (κ1) is 127. The summed E-state index contributed by atoms with van der Waals surface area (Å²) in [5.41, 5.74) is 0.390. The molecule has 0 unspecified atom stereocenters. The zero-order chi connectivity index (χ0) is 111. The van der Waals surface area contributed by atoms with Gasteiger partial charge in [0.05, 0.1) is 51.4 Å². The van der Waals surface area contributed by atoms with Crippen LogP contribution < -0.4 is 41.4 Å². The van der Waals surface area contributed by atoms with Gasteiger partial charge in [-0.2, -0.15) is 0 Å². The summed E-state index contributed by atoms with van der Waals surface area (Å²) in [6.45, 7) is 37.8. The number of likely N-dealkylation sites (tertiary alicyclic amines) is 1. The quantitative estimate of drug-likeness (QED) is 0.0226. The smallest absolute Gasteiger partial charge is 0.410 e. The number of nitrogens with one attached hydrogen (secondary N) is 6. The molecule has 149 heavy (non-hydrogen) atoms. The number of methoxy groups -OCH3 is 2.